The first-order valence-electron chi connectivity index (χ1n) is 9.75. The summed E-state index contributed by atoms with van der Waals surface area (Å²) in [5, 5.41) is 0. The number of hydrogen-bond donors (Lipinski definition) is 2. The Kier molecular flexibility index (Phi) is 7.53. The highest BCUT2D eigenvalue weighted by atomic mass is 19.1. The molecule has 0 atom stereocenters. The number of amides is 2. The molecule has 3 rings (SSSR count). The van der Waals surface area contributed by atoms with E-state index >= 15 is 0 Å². The van der Waals surface area contributed by atoms with Gasteiger partial charge in [0.2, 0.25) is 0 Å². The monoisotopic (exact) mass is 435 g/mol. The van der Waals surface area contributed by atoms with E-state index in [0.29, 0.717) is 17.1 Å². The zero-order valence-corrected chi connectivity index (χ0v) is 17.6. The van der Waals surface area contributed by atoms with Crippen LogP contribution in [0.15, 0.2) is 67.0 Å². The molecule has 0 aliphatic rings. The zero-order chi connectivity index (χ0) is 22.9. The largest absolute Gasteiger partial charge is 0.483 e. The Hall–Kier alpha value is -4.20. The van der Waals surface area contributed by atoms with E-state index in [-0.39, 0.29) is 12.4 Å². The van der Waals surface area contributed by atoms with Crippen LogP contribution < -0.4 is 20.3 Å². The van der Waals surface area contributed by atoms with Gasteiger partial charge in [0, 0.05) is 12.3 Å². The number of benzene rings is 2. The number of ether oxygens (including phenoxy) is 2. The third kappa shape index (κ3) is 6.66. The van der Waals surface area contributed by atoms with Gasteiger partial charge in [0.15, 0.2) is 18.2 Å². The molecule has 2 amide bonds. The first-order chi connectivity index (χ1) is 15.4. The van der Waals surface area contributed by atoms with Crippen molar-refractivity contribution in [3.05, 3.63) is 89.5 Å². The van der Waals surface area contributed by atoms with Crippen molar-refractivity contribution in [3.8, 4) is 17.2 Å². The van der Waals surface area contributed by atoms with Crippen LogP contribution in [0.1, 0.15) is 16.7 Å². The molecule has 1 heterocycles. The Labute approximate surface area is 184 Å². The van der Waals surface area contributed by atoms with Crippen molar-refractivity contribution in [2.24, 2.45) is 0 Å². The van der Waals surface area contributed by atoms with E-state index < -0.39 is 17.6 Å². The summed E-state index contributed by atoms with van der Waals surface area (Å²) in [6.07, 6.45) is 5.63. The second-order valence-electron chi connectivity index (χ2n) is 6.91. The fourth-order valence-electron chi connectivity index (χ4n) is 2.63. The van der Waals surface area contributed by atoms with Gasteiger partial charge in [-0.25, -0.2) is 4.39 Å². The highest BCUT2D eigenvalue weighted by Crippen LogP contribution is 2.24. The molecule has 0 spiro atoms. The number of aryl methyl sites for hydroxylation is 2. The van der Waals surface area contributed by atoms with Gasteiger partial charge in [-0.05, 0) is 66.9 Å². The molecular weight excluding hydrogens is 413 g/mol. The third-order valence-corrected chi connectivity index (χ3v) is 4.27. The Bertz CT molecular complexity index is 1130. The van der Waals surface area contributed by atoms with E-state index in [4.69, 9.17) is 9.47 Å². The Balaban J connectivity index is 1.47. The topological polar surface area (TPSA) is 89.6 Å². The maximum Gasteiger partial charge on any atom is 0.276 e. The normalized spacial score (nSPS) is 10.6. The van der Waals surface area contributed by atoms with Crippen LogP contribution >= 0.6 is 0 Å². The molecule has 0 saturated carbocycles. The van der Waals surface area contributed by atoms with Crippen molar-refractivity contribution in [1.29, 1.82) is 0 Å². The molecule has 32 heavy (non-hydrogen) atoms. The van der Waals surface area contributed by atoms with Crippen molar-refractivity contribution in [3.63, 3.8) is 0 Å². The van der Waals surface area contributed by atoms with Crippen LogP contribution in [-0.4, -0.2) is 23.4 Å². The summed E-state index contributed by atoms with van der Waals surface area (Å²) in [5.74, 6) is -0.642. The molecule has 0 aliphatic heterocycles. The van der Waals surface area contributed by atoms with Gasteiger partial charge >= 0.3 is 0 Å². The summed E-state index contributed by atoms with van der Waals surface area (Å²) >= 11 is 0. The predicted molar refractivity (Wildman–Crippen MR) is 117 cm³/mol. The maximum absolute atomic E-state index is 14.2. The van der Waals surface area contributed by atoms with Crippen LogP contribution in [0.5, 0.6) is 17.2 Å². The lowest BCUT2D eigenvalue weighted by Gasteiger charge is -2.10. The van der Waals surface area contributed by atoms with E-state index in [1.807, 2.05) is 32.0 Å². The first-order valence-corrected chi connectivity index (χ1v) is 9.75. The molecule has 0 unspecified atom stereocenters. The van der Waals surface area contributed by atoms with Gasteiger partial charge in [-0.2, -0.15) is 0 Å². The molecule has 164 valence electrons. The Morgan fingerprint density at radius 3 is 2.66 bits per heavy atom. The highest BCUT2D eigenvalue weighted by molar-refractivity contribution is 5.93. The summed E-state index contributed by atoms with van der Waals surface area (Å²) in [7, 11) is 0. The number of nitrogens with zero attached hydrogens (tertiary/aromatic N) is 1. The number of pyridine rings is 1. The number of carbonyl (C=O) groups excluding carboxylic acids is 2. The average molecular weight is 435 g/mol. The van der Waals surface area contributed by atoms with Gasteiger partial charge in [-0.15, -0.1) is 0 Å². The lowest BCUT2D eigenvalue weighted by Crippen LogP contribution is -2.43. The van der Waals surface area contributed by atoms with Gasteiger partial charge in [0.25, 0.3) is 11.8 Å². The molecule has 0 bridgehead atoms. The first kappa shape index (κ1) is 22.5. The minimum absolute atomic E-state index is 0.0377. The van der Waals surface area contributed by atoms with E-state index in [1.54, 1.807) is 24.4 Å². The smallest absolute Gasteiger partial charge is 0.276 e. The summed E-state index contributed by atoms with van der Waals surface area (Å²) in [5.41, 5.74) is 6.86. The van der Waals surface area contributed by atoms with E-state index in [9.17, 15) is 14.0 Å². The number of rotatable bonds is 7. The van der Waals surface area contributed by atoms with Crippen molar-refractivity contribution < 1.29 is 23.5 Å². The predicted octanol–water partition coefficient (Wildman–Crippen LogP) is 3.87. The SMILES string of the molecule is Cc1ccc(C)c(OCC(=O)NNC(=O)/C=C/c2ccc(Oc3cccnc3)c(F)c2)c1. The van der Waals surface area contributed by atoms with Crippen LogP contribution in [0.2, 0.25) is 0 Å². The number of aromatic nitrogens is 1. The van der Waals surface area contributed by atoms with E-state index in [2.05, 4.69) is 15.8 Å². The fourth-order valence-corrected chi connectivity index (χ4v) is 2.63. The maximum atomic E-state index is 14.2. The summed E-state index contributed by atoms with van der Waals surface area (Å²) in [6.45, 7) is 3.55. The molecule has 1 aromatic heterocycles. The molecular formula is C24H22FN3O4. The van der Waals surface area contributed by atoms with Gasteiger partial charge < -0.3 is 9.47 Å². The molecule has 3 aromatic rings. The number of hydrazine groups is 1. The summed E-state index contributed by atoms with van der Waals surface area (Å²) in [4.78, 5) is 27.7. The van der Waals surface area contributed by atoms with Gasteiger partial charge in [0.1, 0.15) is 11.5 Å². The number of nitrogens with one attached hydrogen (secondary N) is 2. The van der Waals surface area contributed by atoms with Gasteiger partial charge in [-0.1, -0.05) is 18.2 Å². The van der Waals surface area contributed by atoms with Crippen LogP contribution in [0, 0.1) is 19.7 Å². The molecule has 7 nitrogen and oxygen atoms in total. The van der Waals surface area contributed by atoms with Crippen LogP contribution in [0.3, 0.4) is 0 Å². The standard InChI is InChI=1S/C24H22FN3O4/c1-16-5-6-17(2)22(12-16)31-15-24(30)28-27-23(29)10-8-18-7-9-21(20(25)13-18)32-19-4-3-11-26-14-19/h3-14H,15H2,1-2H3,(H,27,29)(H,28,30)/b10-8+. The lowest BCUT2D eigenvalue weighted by molar-refractivity contribution is -0.128. The molecule has 2 aromatic carbocycles. The third-order valence-electron chi connectivity index (χ3n) is 4.27. The molecule has 0 fully saturated rings. The zero-order valence-electron chi connectivity index (χ0n) is 17.6. The van der Waals surface area contributed by atoms with Crippen molar-refractivity contribution >= 4 is 17.9 Å². The van der Waals surface area contributed by atoms with Crippen LogP contribution in [-0.2, 0) is 9.59 Å². The van der Waals surface area contributed by atoms with Crippen molar-refractivity contribution in [1.82, 2.24) is 15.8 Å². The van der Waals surface area contributed by atoms with Crippen LogP contribution in [0.4, 0.5) is 4.39 Å². The molecule has 0 aliphatic carbocycles. The Morgan fingerprint density at radius 1 is 1.06 bits per heavy atom. The summed E-state index contributed by atoms with van der Waals surface area (Å²) in [6, 6.07) is 13.3. The molecule has 8 heteroatoms. The average Bonchev–Trinajstić information content (AvgIpc) is 2.79. The lowest BCUT2D eigenvalue weighted by atomic mass is 10.1. The van der Waals surface area contributed by atoms with E-state index in [0.717, 1.165) is 11.1 Å². The molecule has 0 radical (unpaired) electrons. The minimum atomic E-state index is -0.590. The number of hydrogen-bond acceptors (Lipinski definition) is 5. The van der Waals surface area contributed by atoms with Crippen LogP contribution in [0.25, 0.3) is 6.08 Å². The fraction of sp³-hybridized carbons (Fsp3) is 0.125. The molecule has 0 saturated heterocycles. The second-order valence-corrected chi connectivity index (χ2v) is 6.91. The highest BCUT2D eigenvalue weighted by Gasteiger charge is 2.07. The number of halogens is 1. The summed E-state index contributed by atoms with van der Waals surface area (Å²) < 4.78 is 25.1. The number of carbonyl (C=O) groups is 2. The van der Waals surface area contributed by atoms with Crippen molar-refractivity contribution in [2.45, 2.75) is 13.8 Å². The molecule has 2 N–H and O–H groups in total. The van der Waals surface area contributed by atoms with Crippen molar-refractivity contribution in [2.75, 3.05) is 6.61 Å². The van der Waals surface area contributed by atoms with E-state index in [1.165, 1.54) is 30.5 Å². The second kappa shape index (κ2) is 10.7. The quantitative estimate of drug-likeness (QED) is 0.434. The Morgan fingerprint density at radius 2 is 1.91 bits per heavy atom. The minimum Gasteiger partial charge on any atom is -0.483 e. The van der Waals surface area contributed by atoms with Gasteiger partial charge in [0.05, 0.1) is 6.20 Å². The van der Waals surface area contributed by atoms with Gasteiger partial charge in [-0.3, -0.25) is 25.4 Å².